The van der Waals surface area contributed by atoms with E-state index in [0.717, 1.165) is 24.3 Å². The van der Waals surface area contributed by atoms with Crippen LogP contribution in [0.5, 0.6) is 34.5 Å². The van der Waals surface area contributed by atoms with Crippen molar-refractivity contribution >= 4 is 5.97 Å². The Labute approximate surface area is 185 Å². The van der Waals surface area contributed by atoms with Gasteiger partial charge in [-0.2, -0.15) is 0 Å². The normalized spacial score (nSPS) is 24.9. The van der Waals surface area contributed by atoms with Crippen molar-refractivity contribution in [2.24, 2.45) is 0 Å². The fraction of sp³-hybridized carbons (Fsp3) is 0.350. The maximum Gasteiger partial charge on any atom is 0.338 e. The number of phenolic OH excluding ortho intramolecular Hbond substituents is 5. The van der Waals surface area contributed by atoms with Gasteiger partial charge in [-0.15, -0.1) is 0 Å². The molecule has 1 fully saturated rings. The second-order valence-corrected chi connectivity index (χ2v) is 7.22. The Hall–Kier alpha value is -3.49. The summed E-state index contributed by atoms with van der Waals surface area (Å²) in [5, 5.41) is 87.5. The van der Waals surface area contributed by atoms with Gasteiger partial charge in [0.1, 0.15) is 31.0 Å². The van der Waals surface area contributed by atoms with Crippen LogP contribution in [-0.2, 0) is 16.1 Å². The van der Waals surface area contributed by atoms with Gasteiger partial charge in [-0.05, 0) is 29.8 Å². The molecule has 0 aliphatic carbocycles. The van der Waals surface area contributed by atoms with Gasteiger partial charge < -0.3 is 60.2 Å². The fourth-order valence-electron chi connectivity index (χ4n) is 3.09. The summed E-state index contributed by atoms with van der Waals surface area (Å²) in [4.78, 5) is 12.1. The van der Waals surface area contributed by atoms with Crippen LogP contribution < -0.4 is 4.74 Å². The van der Waals surface area contributed by atoms with Crippen LogP contribution in [0.25, 0.3) is 0 Å². The van der Waals surface area contributed by atoms with Crippen LogP contribution in [0.15, 0.2) is 24.3 Å². The Morgan fingerprint density at radius 1 is 0.848 bits per heavy atom. The van der Waals surface area contributed by atoms with Crippen LogP contribution in [0.1, 0.15) is 15.9 Å². The lowest BCUT2D eigenvalue weighted by molar-refractivity contribution is -0.277. The van der Waals surface area contributed by atoms with Crippen molar-refractivity contribution in [3.8, 4) is 34.5 Å². The molecule has 180 valence electrons. The predicted molar refractivity (Wildman–Crippen MR) is 105 cm³/mol. The topological polar surface area (TPSA) is 227 Å². The molecule has 0 aromatic heterocycles. The summed E-state index contributed by atoms with van der Waals surface area (Å²) in [5.74, 6) is -5.16. The molecule has 13 heteroatoms. The van der Waals surface area contributed by atoms with Crippen LogP contribution in [0.4, 0.5) is 0 Å². The van der Waals surface area contributed by atoms with Crippen molar-refractivity contribution < 1.29 is 65.0 Å². The zero-order valence-corrected chi connectivity index (χ0v) is 16.8. The predicted octanol–water partition coefficient (Wildman–Crippen LogP) is -1.25. The number of carbonyl (C=O) groups is 1. The summed E-state index contributed by atoms with van der Waals surface area (Å²) >= 11 is 0. The standard InChI is InChI=1S/C20H22O13/c21-5-13-15(27)16(28)17(29)20(32-13)33-18-11(24)1-7(2-12(18)25)6-31-19(30)8-3-9(22)14(26)10(23)4-8/h1-4,13,15-17,20-29H,5-6H2/t13-,15-,16+,17-,20+/m1/s1. The molecular weight excluding hydrogens is 448 g/mol. The second kappa shape index (κ2) is 9.56. The minimum atomic E-state index is -1.78. The third-order valence-corrected chi connectivity index (χ3v) is 4.87. The number of ether oxygens (including phenoxy) is 3. The first-order valence-electron chi connectivity index (χ1n) is 9.47. The summed E-state index contributed by atoms with van der Waals surface area (Å²) in [6.07, 6.45) is -8.06. The van der Waals surface area contributed by atoms with Gasteiger partial charge >= 0.3 is 5.97 Å². The van der Waals surface area contributed by atoms with E-state index in [2.05, 4.69) is 0 Å². The number of hydrogen-bond donors (Lipinski definition) is 9. The lowest BCUT2D eigenvalue weighted by atomic mass is 9.99. The Balaban J connectivity index is 1.71. The molecule has 9 N–H and O–H groups in total. The molecule has 2 aromatic rings. The number of phenols is 5. The molecule has 3 rings (SSSR count). The average molecular weight is 470 g/mol. The Kier molecular flexibility index (Phi) is 7.00. The molecule has 1 aliphatic rings. The zero-order valence-electron chi connectivity index (χ0n) is 16.8. The smallest absolute Gasteiger partial charge is 0.338 e. The number of benzene rings is 2. The highest BCUT2D eigenvalue weighted by Crippen LogP contribution is 2.40. The molecule has 0 radical (unpaired) electrons. The van der Waals surface area contributed by atoms with Crippen molar-refractivity contribution in [1.29, 1.82) is 0 Å². The minimum absolute atomic E-state index is 0.0896. The molecule has 0 unspecified atom stereocenters. The fourth-order valence-corrected chi connectivity index (χ4v) is 3.09. The van der Waals surface area contributed by atoms with Crippen LogP contribution in [0.2, 0.25) is 0 Å². The summed E-state index contributed by atoms with van der Waals surface area (Å²) in [6.45, 7) is -1.17. The number of carbonyl (C=O) groups excluding carboxylic acids is 1. The lowest BCUT2D eigenvalue weighted by Gasteiger charge is -2.39. The van der Waals surface area contributed by atoms with E-state index in [1.807, 2.05) is 0 Å². The molecule has 5 atom stereocenters. The average Bonchev–Trinajstić information content (AvgIpc) is 2.77. The van der Waals surface area contributed by atoms with Gasteiger partial charge in [-0.3, -0.25) is 0 Å². The van der Waals surface area contributed by atoms with Gasteiger partial charge in [-0.25, -0.2) is 4.79 Å². The third kappa shape index (κ3) is 4.97. The SMILES string of the molecule is O=C(OCc1cc(O)c(O[C@@H]2O[C@H](CO)[C@@H](O)[C@H](O)[C@H]2O)c(O)c1)c1cc(O)c(O)c(O)c1. The quantitative estimate of drug-likeness (QED) is 0.178. The minimum Gasteiger partial charge on any atom is -0.504 e. The molecule has 2 aromatic carbocycles. The van der Waals surface area contributed by atoms with Crippen molar-refractivity contribution in [1.82, 2.24) is 0 Å². The van der Waals surface area contributed by atoms with Gasteiger partial charge in [0.05, 0.1) is 12.2 Å². The van der Waals surface area contributed by atoms with Crippen molar-refractivity contribution in [3.05, 3.63) is 35.4 Å². The highest BCUT2D eigenvalue weighted by molar-refractivity contribution is 5.91. The maximum atomic E-state index is 12.1. The summed E-state index contributed by atoms with van der Waals surface area (Å²) in [7, 11) is 0. The van der Waals surface area contributed by atoms with E-state index in [-0.39, 0.29) is 11.1 Å². The number of aliphatic hydroxyl groups excluding tert-OH is 4. The van der Waals surface area contributed by atoms with E-state index in [4.69, 9.17) is 14.2 Å². The van der Waals surface area contributed by atoms with E-state index < -0.39 is 84.4 Å². The van der Waals surface area contributed by atoms with E-state index in [1.54, 1.807) is 0 Å². The third-order valence-electron chi connectivity index (χ3n) is 4.87. The summed E-state index contributed by atoms with van der Waals surface area (Å²) < 4.78 is 15.4. The molecular formula is C20H22O13. The Morgan fingerprint density at radius 2 is 1.42 bits per heavy atom. The Bertz CT molecular complexity index is 975. The molecule has 0 bridgehead atoms. The van der Waals surface area contributed by atoms with Gasteiger partial charge in [0.2, 0.25) is 12.0 Å². The van der Waals surface area contributed by atoms with Gasteiger partial charge in [0, 0.05) is 0 Å². The van der Waals surface area contributed by atoms with E-state index in [9.17, 15) is 50.8 Å². The van der Waals surface area contributed by atoms with Crippen LogP contribution >= 0.6 is 0 Å². The highest BCUT2D eigenvalue weighted by atomic mass is 16.7. The largest absolute Gasteiger partial charge is 0.504 e. The van der Waals surface area contributed by atoms with Crippen LogP contribution in [-0.4, -0.2) is 89.2 Å². The van der Waals surface area contributed by atoms with Gasteiger partial charge in [0.15, 0.2) is 28.7 Å². The number of aromatic hydroxyl groups is 5. The summed E-state index contributed by atoms with van der Waals surface area (Å²) in [5.41, 5.74) is -0.189. The lowest BCUT2D eigenvalue weighted by Crippen LogP contribution is -2.60. The highest BCUT2D eigenvalue weighted by Gasteiger charge is 2.45. The first-order chi connectivity index (χ1) is 15.5. The van der Waals surface area contributed by atoms with E-state index >= 15 is 0 Å². The molecule has 13 nitrogen and oxygen atoms in total. The molecule has 33 heavy (non-hydrogen) atoms. The number of hydrogen-bond acceptors (Lipinski definition) is 13. The summed E-state index contributed by atoms with van der Waals surface area (Å²) in [6, 6.07) is 3.84. The van der Waals surface area contributed by atoms with Gasteiger partial charge in [0.25, 0.3) is 0 Å². The maximum absolute atomic E-state index is 12.1. The molecule has 1 saturated heterocycles. The number of esters is 1. The first-order valence-corrected chi connectivity index (χ1v) is 9.47. The number of rotatable bonds is 6. The van der Waals surface area contributed by atoms with Crippen LogP contribution in [0.3, 0.4) is 0 Å². The molecule has 1 heterocycles. The first kappa shape index (κ1) is 24.2. The van der Waals surface area contributed by atoms with Crippen molar-refractivity contribution in [3.63, 3.8) is 0 Å². The van der Waals surface area contributed by atoms with Crippen molar-refractivity contribution in [2.45, 2.75) is 37.3 Å². The number of aliphatic hydroxyl groups is 4. The molecule has 0 saturated carbocycles. The van der Waals surface area contributed by atoms with Crippen LogP contribution in [0, 0.1) is 0 Å². The molecule has 1 aliphatic heterocycles. The molecule has 0 spiro atoms. The van der Waals surface area contributed by atoms with Gasteiger partial charge in [-0.1, -0.05) is 0 Å². The molecule has 0 amide bonds. The monoisotopic (exact) mass is 470 g/mol. The second-order valence-electron chi connectivity index (χ2n) is 7.22. The zero-order chi connectivity index (χ0) is 24.4. The van der Waals surface area contributed by atoms with E-state index in [0.29, 0.717) is 0 Å². The Morgan fingerprint density at radius 3 is 1.97 bits per heavy atom. The van der Waals surface area contributed by atoms with E-state index in [1.165, 1.54) is 0 Å². The van der Waals surface area contributed by atoms with Crippen molar-refractivity contribution in [2.75, 3.05) is 6.61 Å².